The molecule has 1 nitrogen and oxygen atoms in total. The van der Waals surface area contributed by atoms with Gasteiger partial charge in [-0.2, -0.15) is 0 Å². The molecular formula is C10H17ClO. The lowest BCUT2D eigenvalue weighted by Gasteiger charge is -2.22. The molecule has 70 valence electrons. The Labute approximate surface area is 79.7 Å². The van der Waals surface area contributed by atoms with Crippen LogP contribution >= 0.6 is 11.6 Å². The van der Waals surface area contributed by atoms with E-state index in [-0.39, 0.29) is 0 Å². The highest BCUT2D eigenvalue weighted by Crippen LogP contribution is 2.22. The van der Waals surface area contributed by atoms with Gasteiger partial charge < -0.3 is 4.74 Å². The van der Waals surface area contributed by atoms with Crippen molar-refractivity contribution in [3.05, 3.63) is 11.6 Å². The molecule has 1 heterocycles. The minimum Gasteiger partial charge on any atom is -0.381 e. The summed E-state index contributed by atoms with van der Waals surface area (Å²) < 4.78 is 5.30. The van der Waals surface area contributed by atoms with Crippen LogP contribution in [0.25, 0.3) is 0 Å². The highest BCUT2D eigenvalue weighted by atomic mass is 35.5. The Morgan fingerprint density at radius 2 is 2.17 bits per heavy atom. The molecule has 1 rings (SSSR count). The Morgan fingerprint density at radius 3 is 2.75 bits per heavy atom. The van der Waals surface area contributed by atoms with Crippen LogP contribution in [0.2, 0.25) is 0 Å². The summed E-state index contributed by atoms with van der Waals surface area (Å²) in [5, 5.41) is 0. The van der Waals surface area contributed by atoms with E-state index in [1.807, 2.05) is 0 Å². The van der Waals surface area contributed by atoms with Crippen molar-refractivity contribution in [3.63, 3.8) is 0 Å². The minimum absolute atomic E-state index is 0.737. The van der Waals surface area contributed by atoms with Crippen LogP contribution in [0.4, 0.5) is 0 Å². The van der Waals surface area contributed by atoms with Crippen LogP contribution < -0.4 is 0 Å². The predicted octanol–water partition coefficient (Wildman–Crippen LogP) is 2.99. The maximum Gasteiger partial charge on any atom is 0.0471 e. The zero-order chi connectivity index (χ0) is 8.81. The number of alkyl halides is 1. The van der Waals surface area contributed by atoms with Crippen molar-refractivity contribution in [2.24, 2.45) is 5.92 Å². The standard InChI is InChI=1S/C10H17ClO/c1-9(3-2-6-11)10-4-7-12-8-5-10/h3,10H,2,4-8H2,1H3/b9-3+. The molecule has 12 heavy (non-hydrogen) atoms. The summed E-state index contributed by atoms with van der Waals surface area (Å²) in [5.74, 6) is 1.49. The SMILES string of the molecule is C/C(=C\CCCl)C1CCOCC1. The zero-order valence-corrected chi connectivity index (χ0v) is 8.44. The van der Waals surface area contributed by atoms with E-state index >= 15 is 0 Å². The van der Waals surface area contributed by atoms with Gasteiger partial charge in [0.15, 0.2) is 0 Å². The van der Waals surface area contributed by atoms with Gasteiger partial charge in [-0.3, -0.25) is 0 Å². The Hall–Kier alpha value is -0.0100. The van der Waals surface area contributed by atoms with Crippen molar-refractivity contribution in [3.8, 4) is 0 Å². The number of hydrogen-bond acceptors (Lipinski definition) is 1. The van der Waals surface area contributed by atoms with Gasteiger partial charge in [0.2, 0.25) is 0 Å². The van der Waals surface area contributed by atoms with Gasteiger partial charge in [0, 0.05) is 19.1 Å². The lowest BCUT2D eigenvalue weighted by molar-refractivity contribution is 0.0757. The van der Waals surface area contributed by atoms with Crippen LogP contribution in [0.1, 0.15) is 26.2 Å². The average Bonchev–Trinajstić information content (AvgIpc) is 2.15. The van der Waals surface area contributed by atoms with Gasteiger partial charge in [0.05, 0.1) is 0 Å². The number of halogens is 1. The molecule has 0 spiro atoms. The van der Waals surface area contributed by atoms with Crippen LogP contribution in [-0.2, 0) is 4.74 Å². The van der Waals surface area contributed by atoms with E-state index in [0.717, 1.165) is 31.4 Å². The summed E-state index contributed by atoms with van der Waals surface area (Å²) in [6.07, 6.45) is 5.64. The quantitative estimate of drug-likeness (QED) is 0.489. The van der Waals surface area contributed by atoms with Gasteiger partial charge in [-0.1, -0.05) is 11.6 Å². The van der Waals surface area contributed by atoms with E-state index in [4.69, 9.17) is 16.3 Å². The first-order valence-corrected chi connectivity index (χ1v) is 5.18. The predicted molar refractivity (Wildman–Crippen MR) is 52.6 cm³/mol. The summed E-state index contributed by atoms with van der Waals surface area (Å²) in [4.78, 5) is 0. The zero-order valence-electron chi connectivity index (χ0n) is 7.68. The lowest BCUT2D eigenvalue weighted by Crippen LogP contribution is -2.16. The maximum atomic E-state index is 5.62. The molecule has 1 aliphatic heterocycles. The molecule has 0 unspecified atom stereocenters. The molecule has 0 radical (unpaired) electrons. The third-order valence-electron chi connectivity index (χ3n) is 2.44. The molecule has 0 saturated carbocycles. The second kappa shape index (κ2) is 5.60. The molecule has 2 heteroatoms. The van der Waals surface area contributed by atoms with Gasteiger partial charge >= 0.3 is 0 Å². The average molecular weight is 189 g/mol. The third-order valence-corrected chi connectivity index (χ3v) is 2.66. The molecule has 0 amide bonds. The van der Waals surface area contributed by atoms with Crippen molar-refractivity contribution >= 4 is 11.6 Å². The Bertz CT molecular complexity index is 148. The first kappa shape index (κ1) is 10.1. The van der Waals surface area contributed by atoms with Gasteiger partial charge in [0.1, 0.15) is 0 Å². The number of hydrogen-bond donors (Lipinski definition) is 0. The first-order chi connectivity index (χ1) is 5.84. The molecule has 1 aliphatic rings. The van der Waals surface area contributed by atoms with Crippen molar-refractivity contribution < 1.29 is 4.74 Å². The molecule has 0 bridgehead atoms. The van der Waals surface area contributed by atoms with Gasteiger partial charge in [0.25, 0.3) is 0 Å². The maximum absolute atomic E-state index is 5.62. The number of rotatable bonds is 3. The van der Waals surface area contributed by atoms with Gasteiger partial charge in [-0.15, -0.1) is 11.6 Å². The number of allylic oxidation sites excluding steroid dienone is 2. The fourth-order valence-corrected chi connectivity index (χ4v) is 1.71. The van der Waals surface area contributed by atoms with Crippen LogP contribution in [0.15, 0.2) is 11.6 Å². The van der Waals surface area contributed by atoms with Crippen molar-refractivity contribution in [1.29, 1.82) is 0 Å². The smallest absolute Gasteiger partial charge is 0.0471 e. The second-order valence-corrected chi connectivity index (χ2v) is 3.69. The second-order valence-electron chi connectivity index (χ2n) is 3.31. The summed E-state index contributed by atoms with van der Waals surface area (Å²) in [5.41, 5.74) is 1.50. The third kappa shape index (κ3) is 3.16. The largest absolute Gasteiger partial charge is 0.381 e. The minimum atomic E-state index is 0.737. The van der Waals surface area contributed by atoms with E-state index in [2.05, 4.69) is 13.0 Å². The highest BCUT2D eigenvalue weighted by Gasteiger charge is 2.14. The van der Waals surface area contributed by atoms with E-state index in [1.165, 1.54) is 18.4 Å². The monoisotopic (exact) mass is 188 g/mol. The highest BCUT2D eigenvalue weighted by molar-refractivity contribution is 6.17. The fraction of sp³-hybridized carbons (Fsp3) is 0.800. The Morgan fingerprint density at radius 1 is 1.50 bits per heavy atom. The van der Waals surface area contributed by atoms with E-state index < -0.39 is 0 Å². The summed E-state index contributed by atoms with van der Waals surface area (Å²) in [6, 6.07) is 0. The van der Waals surface area contributed by atoms with Gasteiger partial charge in [-0.05, 0) is 32.1 Å². The van der Waals surface area contributed by atoms with Crippen LogP contribution in [0.5, 0.6) is 0 Å². The van der Waals surface area contributed by atoms with Crippen LogP contribution in [0, 0.1) is 5.92 Å². The van der Waals surface area contributed by atoms with E-state index in [0.29, 0.717) is 0 Å². The van der Waals surface area contributed by atoms with E-state index in [9.17, 15) is 0 Å². The molecule has 0 N–H and O–H groups in total. The molecular weight excluding hydrogens is 172 g/mol. The van der Waals surface area contributed by atoms with Crippen LogP contribution in [-0.4, -0.2) is 19.1 Å². The lowest BCUT2D eigenvalue weighted by atomic mass is 9.92. The summed E-state index contributed by atoms with van der Waals surface area (Å²) in [6.45, 7) is 4.07. The molecule has 0 atom stereocenters. The van der Waals surface area contributed by atoms with Crippen molar-refractivity contribution in [1.82, 2.24) is 0 Å². The fourth-order valence-electron chi connectivity index (χ4n) is 1.60. The topological polar surface area (TPSA) is 9.23 Å². The summed E-state index contributed by atoms with van der Waals surface area (Å²) >= 11 is 5.62. The molecule has 0 aromatic heterocycles. The number of ether oxygens (including phenoxy) is 1. The molecule has 0 aromatic rings. The van der Waals surface area contributed by atoms with Crippen molar-refractivity contribution in [2.45, 2.75) is 26.2 Å². The first-order valence-electron chi connectivity index (χ1n) is 4.65. The molecule has 0 aromatic carbocycles. The normalized spacial score (nSPS) is 21.3. The van der Waals surface area contributed by atoms with Gasteiger partial charge in [-0.25, -0.2) is 0 Å². The van der Waals surface area contributed by atoms with Crippen LogP contribution in [0.3, 0.4) is 0 Å². The molecule has 1 fully saturated rings. The molecule has 1 saturated heterocycles. The van der Waals surface area contributed by atoms with Crippen molar-refractivity contribution in [2.75, 3.05) is 19.1 Å². The Balaban J connectivity index is 2.33. The van der Waals surface area contributed by atoms with E-state index in [1.54, 1.807) is 0 Å². The Kier molecular flexibility index (Phi) is 4.70. The molecule has 0 aliphatic carbocycles. The summed E-state index contributed by atoms with van der Waals surface area (Å²) in [7, 11) is 0.